The largest absolute Gasteiger partial charge is 0.353 e. The highest BCUT2D eigenvalue weighted by atomic mass is 16.1. The van der Waals surface area contributed by atoms with Crippen LogP contribution in [0.4, 0.5) is 0 Å². The summed E-state index contributed by atoms with van der Waals surface area (Å²) in [5.41, 5.74) is 5.63. The highest BCUT2D eigenvalue weighted by Crippen LogP contribution is 2.26. The zero-order valence-electron chi connectivity index (χ0n) is 10.7. The van der Waals surface area contributed by atoms with E-state index in [-0.39, 0.29) is 11.9 Å². The van der Waals surface area contributed by atoms with Gasteiger partial charge in [0.15, 0.2) is 0 Å². The first kappa shape index (κ1) is 13.5. The zero-order chi connectivity index (χ0) is 12.0. The lowest BCUT2D eigenvalue weighted by Crippen LogP contribution is -2.39. The second kappa shape index (κ2) is 6.89. The predicted molar refractivity (Wildman–Crippen MR) is 67.1 cm³/mol. The molecule has 0 aromatic carbocycles. The van der Waals surface area contributed by atoms with E-state index in [9.17, 15) is 4.79 Å². The number of nitrogens with two attached hydrogens (primary N) is 1. The lowest BCUT2D eigenvalue weighted by Gasteiger charge is -2.28. The summed E-state index contributed by atoms with van der Waals surface area (Å²) in [6.45, 7) is 4.08. The van der Waals surface area contributed by atoms with E-state index in [0.29, 0.717) is 18.4 Å². The molecule has 3 N–H and O–H groups in total. The molecule has 2 atom stereocenters. The standard InChI is InChI=1S/C13H26N2O/c1-10(14)8-9-13(16)15-11(2)12-6-4-3-5-7-12/h10-12H,3-9,14H2,1-2H3,(H,15,16)/t10?,11-/m0/s1. The average molecular weight is 226 g/mol. The van der Waals surface area contributed by atoms with E-state index in [1.807, 2.05) is 6.92 Å². The number of amides is 1. The van der Waals surface area contributed by atoms with Crippen molar-refractivity contribution in [3.8, 4) is 0 Å². The molecule has 0 radical (unpaired) electrons. The van der Waals surface area contributed by atoms with Crippen molar-refractivity contribution in [1.29, 1.82) is 0 Å². The normalized spacial score (nSPS) is 21.4. The smallest absolute Gasteiger partial charge is 0.220 e. The molecule has 1 amide bonds. The summed E-state index contributed by atoms with van der Waals surface area (Å²) >= 11 is 0. The lowest BCUT2D eigenvalue weighted by atomic mass is 9.84. The minimum atomic E-state index is 0.121. The van der Waals surface area contributed by atoms with Gasteiger partial charge in [0.25, 0.3) is 0 Å². The third-order valence-corrected chi connectivity index (χ3v) is 3.57. The molecule has 3 heteroatoms. The summed E-state index contributed by atoms with van der Waals surface area (Å²) in [5.74, 6) is 0.850. The Hall–Kier alpha value is -0.570. The van der Waals surface area contributed by atoms with Crippen molar-refractivity contribution < 1.29 is 4.79 Å². The van der Waals surface area contributed by atoms with Crippen molar-refractivity contribution in [2.75, 3.05) is 0 Å². The third kappa shape index (κ3) is 4.97. The first-order valence-corrected chi connectivity index (χ1v) is 6.64. The van der Waals surface area contributed by atoms with Crippen molar-refractivity contribution >= 4 is 5.91 Å². The number of carbonyl (C=O) groups excluding carboxylic acids is 1. The number of rotatable bonds is 5. The van der Waals surface area contributed by atoms with Crippen molar-refractivity contribution in [3.63, 3.8) is 0 Å². The fourth-order valence-corrected chi connectivity index (χ4v) is 2.44. The summed E-state index contributed by atoms with van der Waals surface area (Å²) in [7, 11) is 0. The van der Waals surface area contributed by atoms with Gasteiger partial charge in [-0.3, -0.25) is 4.79 Å². The van der Waals surface area contributed by atoms with E-state index in [0.717, 1.165) is 6.42 Å². The first-order chi connectivity index (χ1) is 7.59. The Kier molecular flexibility index (Phi) is 5.81. The van der Waals surface area contributed by atoms with Gasteiger partial charge in [0, 0.05) is 18.5 Å². The molecule has 1 fully saturated rings. The molecule has 0 aliphatic heterocycles. The topological polar surface area (TPSA) is 55.1 Å². The van der Waals surface area contributed by atoms with Crippen molar-refractivity contribution in [2.24, 2.45) is 11.7 Å². The maximum Gasteiger partial charge on any atom is 0.220 e. The molecule has 0 heterocycles. The molecule has 1 aliphatic rings. The van der Waals surface area contributed by atoms with E-state index in [4.69, 9.17) is 5.73 Å². The van der Waals surface area contributed by atoms with Crippen LogP contribution in [0.15, 0.2) is 0 Å². The molecule has 0 aromatic heterocycles. The molecule has 1 rings (SSSR count). The number of nitrogens with one attached hydrogen (secondary N) is 1. The average Bonchev–Trinajstić information content (AvgIpc) is 2.27. The molecule has 0 aromatic rings. The Labute approximate surface area is 99.2 Å². The van der Waals surface area contributed by atoms with Gasteiger partial charge in [-0.25, -0.2) is 0 Å². The lowest BCUT2D eigenvalue weighted by molar-refractivity contribution is -0.122. The van der Waals surface area contributed by atoms with Gasteiger partial charge in [0.05, 0.1) is 0 Å². The third-order valence-electron chi connectivity index (χ3n) is 3.57. The molecule has 1 aliphatic carbocycles. The highest BCUT2D eigenvalue weighted by Gasteiger charge is 2.21. The van der Waals surface area contributed by atoms with E-state index in [2.05, 4.69) is 12.2 Å². The summed E-state index contributed by atoms with van der Waals surface area (Å²) in [5, 5.41) is 3.11. The molecule has 0 spiro atoms. The Morgan fingerprint density at radius 1 is 1.31 bits per heavy atom. The minimum absolute atomic E-state index is 0.121. The van der Waals surface area contributed by atoms with Crippen LogP contribution in [0, 0.1) is 5.92 Å². The Morgan fingerprint density at radius 2 is 1.94 bits per heavy atom. The monoisotopic (exact) mass is 226 g/mol. The van der Waals surface area contributed by atoms with Crippen LogP contribution < -0.4 is 11.1 Å². The fourth-order valence-electron chi connectivity index (χ4n) is 2.44. The molecule has 1 unspecified atom stereocenters. The Balaban J connectivity index is 2.21. The van der Waals surface area contributed by atoms with Gasteiger partial charge < -0.3 is 11.1 Å². The zero-order valence-corrected chi connectivity index (χ0v) is 10.7. The van der Waals surface area contributed by atoms with Crippen LogP contribution in [-0.2, 0) is 4.79 Å². The van der Waals surface area contributed by atoms with Gasteiger partial charge in [-0.05, 0) is 39.0 Å². The predicted octanol–water partition coefficient (Wildman–Crippen LogP) is 2.20. The number of hydrogen-bond donors (Lipinski definition) is 2. The van der Waals surface area contributed by atoms with Crippen LogP contribution in [-0.4, -0.2) is 18.0 Å². The Morgan fingerprint density at radius 3 is 2.50 bits per heavy atom. The quantitative estimate of drug-likeness (QED) is 0.755. The molecule has 16 heavy (non-hydrogen) atoms. The molecular formula is C13H26N2O. The van der Waals surface area contributed by atoms with Crippen LogP contribution in [0.2, 0.25) is 0 Å². The summed E-state index contributed by atoms with van der Waals surface area (Å²) in [4.78, 5) is 11.6. The van der Waals surface area contributed by atoms with E-state index in [1.54, 1.807) is 0 Å². The van der Waals surface area contributed by atoms with Crippen molar-refractivity contribution in [2.45, 2.75) is 70.9 Å². The second-order valence-corrected chi connectivity index (χ2v) is 5.27. The first-order valence-electron chi connectivity index (χ1n) is 6.64. The molecular weight excluding hydrogens is 200 g/mol. The van der Waals surface area contributed by atoms with Gasteiger partial charge in [0.1, 0.15) is 0 Å². The van der Waals surface area contributed by atoms with Crippen LogP contribution in [0.1, 0.15) is 58.8 Å². The van der Waals surface area contributed by atoms with Gasteiger partial charge in [-0.1, -0.05) is 19.3 Å². The molecule has 0 saturated heterocycles. The highest BCUT2D eigenvalue weighted by molar-refractivity contribution is 5.76. The van der Waals surface area contributed by atoms with Crippen molar-refractivity contribution in [3.05, 3.63) is 0 Å². The van der Waals surface area contributed by atoms with Crippen LogP contribution in [0.3, 0.4) is 0 Å². The Bertz CT molecular complexity index is 210. The van der Waals surface area contributed by atoms with Crippen LogP contribution in [0.5, 0.6) is 0 Å². The number of hydrogen-bond acceptors (Lipinski definition) is 2. The van der Waals surface area contributed by atoms with E-state index < -0.39 is 0 Å². The van der Waals surface area contributed by atoms with Crippen LogP contribution >= 0.6 is 0 Å². The van der Waals surface area contributed by atoms with Crippen molar-refractivity contribution in [1.82, 2.24) is 5.32 Å². The van der Waals surface area contributed by atoms with E-state index in [1.165, 1.54) is 32.1 Å². The fraction of sp³-hybridized carbons (Fsp3) is 0.923. The van der Waals surface area contributed by atoms with Gasteiger partial charge in [-0.2, -0.15) is 0 Å². The minimum Gasteiger partial charge on any atom is -0.353 e. The summed E-state index contributed by atoms with van der Waals surface area (Å²) in [6, 6.07) is 0.455. The van der Waals surface area contributed by atoms with Crippen LogP contribution in [0.25, 0.3) is 0 Å². The molecule has 1 saturated carbocycles. The maximum atomic E-state index is 11.6. The SMILES string of the molecule is CC(N)CCC(=O)N[C@@H](C)C1CCCCC1. The van der Waals surface area contributed by atoms with Gasteiger partial charge in [0.2, 0.25) is 5.91 Å². The maximum absolute atomic E-state index is 11.6. The number of carbonyl (C=O) groups is 1. The summed E-state index contributed by atoms with van der Waals surface area (Å²) < 4.78 is 0. The van der Waals surface area contributed by atoms with Gasteiger partial charge in [-0.15, -0.1) is 0 Å². The molecule has 0 bridgehead atoms. The van der Waals surface area contributed by atoms with E-state index >= 15 is 0 Å². The molecule has 94 valence electrons. The van der Waals surface area contributed by atoms with Gasteiger partial charge >= 0.3 is 0 Å². The summed E-state index contributed by atoms with van der Waals surface area (Å²) in [6.07, 6.45) is 7.90. The molecule has 3 nitrogen and oxygen atoms in total. The second-order valence-electron chi connectivity index (χ2n) is 5.27.